The Balaban J connectivity index is 1.68. The van der Waals surface area contributed by atoms with Crippen LogP contribution in [0.2, 0.25) is 5.02 Å². The lowest BCUT2D eigenvalue weighted by molar-refractivity contribution is 0.0910. The molecule has 2 atom stereocenters. The van der Waals surface area contributed by atoms with Gasteiger partial charge in [0.05, 0.1) is 34.5 Å². The van der Waals surface area contributed by atoms with Gasteiger partial charge >= 0.3 is 0 Å². The summed E-state index contributed by atoms with van der Waals surface area (Å²) in [6, 6.07) is 7.74. The number of aryl methyl sites for hydroxylation is 1. The Morgan fingerprint density at radius 2 is 1.97 bits per heavy atom. The molecule has 1 aliphatic carbocycles. The number of nitrogens with one attached hydrogen (secondary N) is 1. The van der Waals surface area contributed by atoms with Crippen LogP contribution in [0.1, 0.15) is 48.7 Å². The molecule has 1 aromatic carbocycles. The number of aromatic nitrogens is 3. The Labute approximate surface area is 175 Å². The standard InChI is InChI=1S/C22H25ClN4O2/c1-13-6-4-5-7-18(13)25-22(28)17-12-24-21-19(20(17)23)14(2)26-27(21)15-8-10-16(29-3)11-9-15/h8-13,18H,4-7H2,1-3H3,(H,25,28)/t13-,18+/m0/s1. The molecule has 2 aromatic heterocycles. The number of hydrogen-bond acceptors (Lipinski definition) is 4. The number of carbonyl (C=O) groups excluding carboxylic acids is 1. The number of rotatable bonds is 4. The Bertz CT molecular complexity index is 1050. The third-order valence-electron chi connectivity index (χ3n) is 5.80. The quantitative estimate of drug-likeness (QED) is 0.674. The van der Waals surface area contributed by atoms with E-state index in [0.717, 1.165) is 36.4 Å². The van der Waals surface area contributed by atoms with E-state index in [1.165, 1.54) is 6.42 Å². The molecule has 2 heterocycles. The van der Waals surface area contributed by atoms with E-state index in [-0.39, 0.29) is 11.9 Å². The zero-order valence-electron chi connectivity index (χ0n) is 16.9. The molecule has 7 heteroatoms. The van der Waals surface area contributed by atoms with Crippen LogP contribution in [-0.2, 0) is 0 Å². The van der Waals surface area contributed by atoms with Crippen LogP contribution in [0.5, 0.6) is 5.75 Å². The monoisotopic (exact) mass is 412 g/mol. The van der Waals surface area contributed by atoms with Gasteiger partial charge in [0.15, 0.2) is 5.65 Å². The molecule has 152 valence electrons. The molecule has 29 heavy (non-hydrogen) atoms. The van der Waals surface area contributed by atoms with E-state index in [0.29, 0.717) is 27.5 Å². The first kappa shape index (κ1) is 19.7. The van der Waals surface area contributed by atoms with Crippen LogP contribution >= 0.6 is 11.6 Å². The summed E-state index contributed by atoms with van der Waals surface area (Å²) in [7, 11) is 1.63. The topological polar surface area (TPSA) is 69.0 Å². The number of fused-ring (bicyclic) bond motifs is 1. The fourth-order valence-corrected chi connectivity index (χ4v) is 4.40. The van der Waals surface area contributed by atoms with Crippen LogP contribution in [-0.4, -0.2) is 33.8 Å². The highest BCUT2D eigenvalue weighted by molar-refractivity contribution is 6.38. The average molecular weight is 413 g/mol. The molecule has 1 aliphatic rings. The zero-order chi connectivity index (χ0) is 20.5. The highest BCUT2D eigenvalue weighted by atomic mass is 35.5. The largest absolute Gasteiger partial charge is 0.497 e. The number of hydrogen-bond donors (Lipinski definition) is 1. The van der Waals surface area contributed by atoms with Gasteiger partial charge in [-0.2, -0.15) is 5.10 Å². The molecule has 3 aromatic rings. The van der Waals surface area contributed by atoms with Gasteiger partial charge in [0, 0.05) is 12.2 Å². The van der Waals surface area contributed by atoms with E-state index in [4.69, 9.17) is 16.3 Å². The average Bonchev–Trinajstić information content (AvgIpc) is 3.07. The van der Waals surface area contributed by atoms with Gasteiger partial charge in [0.1, 0.15) is 5.75 Å². The van der Waals surface area contributed by atoms with Crippen molar-refractivity contribution in [3.05, 3.63) is 46.7 Å². The molecule has 4 rings (SSSR count). The minimum Gasteiger partial charge on any atom is -0.497 e. The Kier molecular flexibility index (Phi) is 5.46. The molecule has 0 aliphatic heterocycles. The van der Waals surface area contributed by atoms with Crippen LogP contribution in [0, 0.1) is 12.8 Å². The third kappa shape index (κ3) is 3.69. The lowest BCUT2D eigenvalue weighted by Gasteiger charge is -2.29. The number of carbonyl (C=O) groups is 1. The summed E-state index contributed by atoms with van der Waals surface area (Å²) in [4.78, 5) is 17.4. The molecule has 1 fully saturated rings. The van der Waals surface area contributed by atoms with Crippen LogP contribution in [0.15, 0.2) is 30.5 Å². The predicted octanol–water partition coefficient (Wildman–Crippen LogP) is 4.70. The highest BCUT2D eigenvalue weighted by Crippen LogP contribution is 2.31. The van der Waals surface area contributed by atoms with Crippen molar-refractivity contribution < 1.29 is 9.53 Å². The molecule has 1 amide bonds. The van der Waals surface area contributed by atoms with E-state index in [2.05, 4.69) is 22.3 Å². The summed E-state index contributed by atoms with van der Waals surface area (Å²) in [6.07, 6.45) is 6.08. The van der Waals surface area contributed by atoms with Crippen molar-refractivity contribution in [2.24, 2.45) is 5.92 Å². The molecule has 0 spiro atoms. The number of benzene rings is 1. The summed E-state index contributed by atoms with van der Waals surface area (Å²) in [5.41, 5.74) is 2.60. The van der Waals surface area contributed by atoms with Gasteiger partial charge in [-0.25, -0.2) is 9.67 Å². The van der Waals surface area contributed by atoms with Crippen molar-refractivity contribution in [2.75, 3.05) is 7.11 Å². The van der Waals surface area contributed by atoms with Crippen LogP contribution in [0.4, 0.5) is 0 Å². The lowest BCUT2D eigenvalue weighted by Crippen LogP contribution is -2.41. The molecular weight excluding hydrogens is 388 g/mol. The molecule has 0 bridgehead atoms. The summed E-state index contributed by atoms with van der Waals surface area (Å²) >= 11 is 6.67. The van der Waals surface area contributed by atoms with Crippen molar-refractivity contribution in [3.63, 3.8) is 0 Å². The van der Waals surface area contributed by atoms with Crippen molar-refractivity contribution in [2.45, 2.75) is 45.6 Å². The van der Waals surface area contributed by atoms with Gasteiger partial charge in [0.2, 0.25) is 0 Å². The maximum absolute atomic E-state index is 12.9. The molecule has 6 nitrogen and oxygen atoms in total. The number of amides is 1. The number of methoxy groups -OCH3 is 1. The highest BCUT2D eigenvalue weighted by Gasteiger charge is 2.26. The second kappa shape index (κ2) is 8.03. The fourth-order valence-electron chi connectivity index (χ4n) is 4.05. The molecule has 0 radical (unpaired) electrons. The van der Waals surface area contributed by atoms with Crippen molar-refractivity contribution in [3.8, 4) is 11.4 Å². The molecule has 1 saturated carbocycles. The zero-order valence-corrected chi connectivity index (χ0v) is 17.7. The number of ether oxygens (including phenoxy) is 1. The number of pyridine rings is 1. The van der Waals surface area contributed by atoms with Crippen LogP contribution < -0.4 is 10.1 Å². The van der Waals surface area contributed by atoms with E-state index < -0.39 is 0 Å². The van der Waals surface area contributed by atoms with Gasteiger partial charge in [-0.15, -0.1) is 0 Å². The number of halogens is 1. The second-order valence-electron chi connectivity index (χ2n) is 7.72. The SMILES string of the molecule is COc1ccc(-n2nc(C)c3c(Cl)c(C(=O)N[C@@H]4CCCC[C@@H]4C)cnc32)cc1. The first-order valence-electron chi connectivity index (χ1n) is 9.98. The van der Waals surface area contributed by atoms with E-state index in [1.807, 2.05) is 31.2 Å². The first-order valence-corrected chi connectivity index (χ1v) is 10.4. The van der Waals surface area contributed by atoms with Crippen molar-refractivity contribution in [1.82, 2.24) is 20.1 Å². The summed E-state index contributed by atoms with van der Waals surface area (Å²) in [5.74, 6) is 1.08. The van der Waals surface area contributed by atoms with E-state index in [9.17, 15) is 4.79 Å². The van der Waals surface area contributed by atoms with E-state index >= 15 is 0 Å². The van der Waals surface area contributed by atoms with Crippen LogP contribution in [0.25, 0.3) is 16.7 Å². The summed E-state index contributed by atoms with van der Waals surface area (Å²) in [5, 5.41) is 8.86. The second-order valence-corrected chi connectivity index (χ2v) is 8.10. The summed E-state index contributed by atoms with van der Waals surface area (Å²) in [6.45, 7) is 4.07. The minimum atomic E-state index is -0.167. The van der Waals surface area contributed by atoms with Gasteiger partial charge in [-0.3, -0.25) is 4.79 Å². The van der Waals surface area contributed by atoms with Gasteiger partial charge in [0.25, 0.3) is 5.91 Å². The Morgan fingerprint density at radius 3 is 2.66 bits per heavy atom. The van der Waals surface area contributed by atoms with E-state index in [1.54, 1.807) is 18.0 Å². The van der Waals surface area contributed by atoms with Gasteiger partial charge in [-0.05, 0) is 49.9 Å². The molecule has 0 unspecified atom stereocenters. The maximum atomic E-state index is 12.9. The maximum Gasteiger partial charge on any atom is 0.254 e. The Morgan fingerprint density at radius 1 is 1.24 bits per heavy atom. The van der Waals surface area contributed by atoms with Crippen molar-refractivity contribution >= 4 is 28.5 Å². The fraction of sp³-hybridized carbons (Fsp3) is 0.409. The van der Waals surface area contributed by atoms with Gasteiger partial charge < -0.3 is 10.1 Å². The summed E-state index contributed by atoms with van der Waals surface area (Å²) < 4.78 is 6.95. The van der Waals surface area contributed by atoms with Crippen LogP contribution in [0.3, 0.4) is 0 Å². The lowest BCUT2D eigenvalue weighted by atomic mass is 9.86. The normalized spacial score (nSPS) is 19.3. The van der Waals surface area contributed by atoms with Gasteiger partial charge in [-0.1, -0.05) is 31.4 Å². The Hall–Kier alpha value is -2.60. The predicted molar refractivity (Wildman–Crippen MR) is 114 cm³/mol. The van der Waals surface area contributed by atoms with Crippen molar-refractivity contribution in [1.29, 1.82) is 0 Å². The molecule has 1 N–H and O–H groups in total. The number of nitrogens with zero attached hydrogens (tertiary/aromatic N) is 3. The first-order chi connectivity index (χ1) is 14.0. The smallest absolute Gasteiger partial charge is 0.254 e. The third-order valence-corrected chi connectivity index (χ3v) is 6.19. The molecular formula is C22H25ClN4O2. The minimum absolute atomic E-state index is 0.167. The molecule has 0 saturated heterocycles.